The van der Waals surface area contributed by atoms with Crippen molar-refractivity contribution in [2.45, 2.75) is 13.8 Å². The number of hydrogen-bond donors (Lipinski definition) is 1. The van der Waals surface area contributed by atoms with Gasteiger partial charge in [-0.05, 0) is 43.7 Å². The number of ether oxygens (including phenoxy) is 1. The van der Waals surface area contributed by atoms with E-state index in [0.717, 1.165) is 10.0 Å². The van der Waals surface area contributed by atoms with Gasteiger partial charge < -0.3 is 10.1 Å². The number of aromatic nitrogens is 1. The van der Waals surface area contributed by atoms with Crippen LogP contribution in [0.15, 0.2) is 47.1 Å². The average molecular weight is 430 g/mol. The maximum Gasteiger partial charge on any atom is 0.341 e. The molecule has 1 N–H and O–H groups in total. The number of esters is 1. The quantitative estimate of drug-likeness (QED) is 0.343. The van der Waals surface area contributed by atoms with Gasteiger partial charge in [-0.15, -0.1) is 0 Å². The van der Waals surface area contributed by atoms with Crippen LogP contribution in [0.4, 0.5) is 17.1 Å². The number of rotatable bonds is 5. The summed E-state index contributed by atoms with van der Waals surface area (Å²) in [4.78, 5) is 27.4. The molecule has 0 aliphatic rings. The number of nitrogens with zero attached hydrogens (tertiary/aromatic N) is 2. The number of nitrogens with one attached hydrogen (secondary N) is 1. The largest absolute Gasteiger partial charge is 0.462 e. The number of benzene rings is 2. The molecule has 0 unspecified atom stereocenters. The summed E-state index contributed by atoms with van der Waals surface area (Å²) >= 11 is 3.43. The summed E-state index contributed by atoms with van der Waals surface area (Å²) in [5, 5.41) is 15.0. The van der Waals surface area contributed by atoms with Gasteiger partial charge in [0.25, 0.3) is 5.69 Å². The van der Waals surface area contributed by atoms with Crippen molar-refractivity contribution >= 4 is 49.9 Å². The Balaban J connectivity index is 2.19. The number of nitro benzene ring substituents is 1. The molecule has 7 nitrogen and oxygen atoms in total. The van der Waals surface area contributed by atoms with Gasteiger partial charge in [0.05, 0.1) is 22.7 Å². The van der Waals surface area contributed by atoms with Gasteiger partial charge in [-0.3, -0.25) is 15.1 Å². The van der Waals surface area contributed by atoms with Crippen molar-refractivity contribution in [2.75, 3.05) is 11.9 Å². The second-order valence-electron chi connectivity index (χ2n) is 5.87. The molecule has 0 saturated heterocycles. The van der Waals surface area contributed by atoms with Crippen LogP contribution in [-0.2, 0) is 4.74 Å². The molecule has 0 spiro atoms. The number of carbonyl (C=O) groups is 1. The van der Waals surface area contributed by atoms with Crippen molar-refractivity contribution in [1.29, 1.82) is 0 Å². The Bertz CT molecular complexity index is 1050. The Morgan fingerprint density at radius 3 is 2.78 bits per heavy atom. The van der Waals surface area contributed by atoms with Crippen LogP contribution in [0.2, 0.25) is 0 Å². The number of aryl methyl sites for hydroxylation is 1. The lowest BCUT2D eigenvalue weighted by Crippen LogP contribution is -2.09. The minimum absolute atomic E-state index is 0.0327. The van der Waals surface area contributed by atoms with E-state index in [9.17, 15) is 14.9 Å². The molecule has 27 heavy (non-hydrogen) atoms. The monoisotopic (exact) mass is 429 g/mol. The molecular formula is C19H16BrN3O4. The number of carbonyl (C=O) groups excluding carboxylic acids is 1. The third kappa shape index (κ3) is 4.06. The molecule has 0 bridgehead atoms. The van der Waals surface area contributed by atoms with E-state index in [1.54, 1.807) is 19.9 Å². The van der Waals surface area contributed by atoms with Crippen LogP contribution >= 0.6 is 15.9 Å². The zero-order chi connectivity index (χ0) is 19.6. The summed E-state index contributed by atoms with van der Waals surface area (Å²) in [6, 6.07) is 10.2. The average Bonchev–Trinajstić information content (AvgIpc) is 2.61. The zero-order valence-electron chi connectivity index (χ0n) is 14.7. The fraction of sp³-hybridized carbons (Fsp3) is 0.158. The van der Waals surface area contributed by atoms with Gasteiger partial charge >= 0.3 is 5.97 Å². The van der Waals surface area contributed by atoms with Crippen LogP contribution in [0.5, 0.6) is 0 Å². The highest BCUT2D eigenvalue weighted by Crippen LogP contribution is 2.33. The maximum absolute atomic E-state index is 12.4. The number of fused-ring (bicyclic) bond motifs is 1. The van der Waals surface area contributed by atoms with Crippen LogP contribution in [0.3, 0.4) is 0 Å². The van der Waals surface area contributed by atoms with E-state index in [4.69, 9.17) is 4.74 Å². The SMILES string of the molecule is CCOC(=O)c1cnc2ccc(Br)cc2c1Nc1cc(C)cc([N+](=O)[O-])c1. The van der Waals surface area contributed by atoms with Crippen molar-refractivity contribution in [2.24, 2.45) is 0 Å². The van der Waals surface area contributed by atoms with Crippen molar-refractivity contribution in [1.82, 2.24) is 4.98 Å². The molecule has 0 radical (unpaired) electrons. The first kappa shape index (κ1) is 18.8. The highest BCUT2D eigenvalue weighted by atomic mass is 79.9. The number of hydrogen-bond acceptors (Lipinski definition) is 6. The van der Waals surface area contributed by atoms with E-state index in [2.05, 4.69) is 26.2 Å². The van der Waals surface area contributed by atoms with Crippen LogP contribution < -0.4 is 5.32 Å². The smallest absolute Gasteiger partial charge is 0.341 e. The van der Waals surface area contributed by atoms with E-state index in [-0.39, 0.29) is 17.9 Å². The first-order valence-corrected chi connectivity index (χ1v) is 8.97. The van der Waals surface area contributed by atoms with Gasteiger partial charge in [-0.1, -0.05) is 15.9 Å². The fourth-order valence-corrected chi connectivity index (χ4v) is 3.11. The molecule has 8 heteroatoms. The molecule has 0 fully saturated rings. The molecule has 0 saturated carbocycles. The Kier molecular flexibility index (Phi) is 5.36. The summed E-state index contributed by atoms with van der Waals surface area (Å²) < 4.78 is 5.95. The topological polar surface area (TPSA) is 94.4 Å². The summed E-state index contributed by atoms with van der Waals surface area (Å²) in [6.45, 7) is 3.72. The molecule has 1 aromatic heterocycles. The number of non-ortho nitro benzene ring substituents is 1. The van der Waals surface area contributed by atoms with E-state index in [0.29, 0.717) is 22.3 Å². The lowest BCUT2D eigenvalue weighted by atomic mass is 10.1. The van der Waals surface area contributed by atoms with E-state index in [1.807, 2.05) is 18.2 Å². The first-order valence-electron chi connectivity index (χ1n) is 8.17. The van der Waals surface area contributed by atoms with Gasteiger partial charge in [0, 0.05) is 33.9 Å². The predicted molar refractivity (Wildman–Crippen MR) is 107 cm³/mol. The summed E-state index contributed by atoms with van der Waals surface area (Å²) in [6.07, 6.45) is 1.45. The molecule has 0 aliphatic carbocycles. The van der Waals surface area contributed by atoms with Gasteiger partial charge in [0.1, 0.15) is 5.56 Å². The molecule has 0 aliphatic heterocycles. The zero-order valence-corrected chi connectivity index (χ0v) is 16.2. The summed E-state index contributed by atoms with van der Waals surface area (Å²) in [7, 11) is 0. The predicted octanol–water partition coefficient (Wildman–Crippen LogP) is 5.13. The Labute approximate surface area is 163 Å². The molecule has 138 valence electrons. The lowest BCUT2D eigenvalue weighted by molar-refractivity contribution is -0.384. The van der Waals surface area contributed by atoms with E-state index in [1.165, 1.54) is 18.3 Å². The number of anilines is 2. The highest BCUT2D eigenvalue weighted by molar-refractivity contribution is 9.10. The number of pyridine rings is 1. The molecule has 1 heterocycles. The second kappa shape index (κ2) is 7.71. The van der Waals surface area contributed by atoms with E-state index >= 15 is 0 Å². The Morgan fingerprint density at radius 1 is 1.30 bits per heavy atom. The van der Waals surface area contributed by atoms with Crippen molar-refractivity contribution in [3.05, 3.63) is 68.3 Å². The number of nitro groups is 1. The molecule has 0 amide bonds. The van der Waals surface area contributed by atoms with Crippen molar-refractivity contribution < 1.29 is 14.5 Å². The van der Waals surface area contributed by atoms with Crippen LogP contribution in [0.25, 0.3) is 10.9 Å². The Morgan fingerprint density at radius 2 is 2.07 bits per heavy atom. The second-order valence-corrected chi connectivity index (χ2v) is 6.78. The van der Waals surface area contributed by atoms with Crippen molar-refractivity contribution in [3.63, 3.8) is 0 Å². The third-order valence-electron chi connectivity index (χ3n) is 3.87. The summed E-state index contributed by atoms with van der Waals surface area (Å²) in [5.41, 5.74) is 2.61. The minimum atomic E-state index is -0.517. The molecule has 3 aromatic rings. The maximum atomic E-state index is 12.4. The van der Waals surface area contributed by atoms with E-state index < -0.39 is 10.9 Å². The third-order valence-corrected chi connectivity index (χ3v) is 4.36. The molecule has 3 rings (SSSR count). The minimum Gasteiger partial charge on any atom is -0.462 e. The molecular weight excluding hydrogens is 414 g/mol. The number of halogens is 1. The highest BCUT2D eigenvalue weighted by Gasteiger charge is 2.18. The van der Waals surface area contributed by atoms with Crippen molar-refractivity contribution in [3.8, 4) is 0 Å². The van der Waals surface area contributed by atoms with Crippen LogP contribution in [-0.4, -0.2) is 22.5 Å². The first-order chi connectivity index (χ1) is 12.9. The van der Waals surface area contributed by atoms with Crippen LogP contribution in [0.1, 0.15) is 22.8 Å². The summed E-state index contributed by atoms with van der Waals surface area (Å²) in [5.74, 6) is -0.517. The lowest BCUT2D eigenvalue weighted by Gasteiger charge is -2.15. The normalized spacial score (nSPS) is 10.6. The van der Waals surface area contributed by atoms with Gasteiger partial charge in [0.2, 0.25) is 0 Å². The standard InChI is InChI=1S/C19H16BrN3O4/c1-3-27-19(24)16-10-21-17-5-4-12(20)8-15(17)18(16)22-13-6-11(2)7-14(9-13)23(25)26/h4-10H,3H2,1-2H3,(H,21,22). The fourth-order valence-electron chi connectivity index (χ4n) is 2.75. The van der Waals surface area contributed by atoms with Gasteiger partial charge in [-0.25, -0.2) is 4.79 Å². The Hall–Kier alpha value is -3.00. The molecule has 2 aromatic carbocycles. The van der Waals surface area contributed by atoms with Crippen LogP contribution in [0, 0.1) is 17.0 Å². The van der Waals surface area contributed by atoms with Gasteiger partial charge in [-0.2, -0.15) is 0 Å². The molecule has 0 atom stereocenters. The van der Waals surface area contributed by atoms with Gasteiger partial charge in [0.15, 0.2) is 0 Å².